The molecule has 1 rings (SSSR count). The van der Waals surface area contributed by atoms with Crippen LogP contribution in [0, 0.1) is 0 Å². The van der Waals surface area contributed by atoms with Gasteiger partial charge in [0.2, 0.25) is 0 Å². The molecule has 0 aliphatic carbocycles. The first-order valence-corrected chi connectivity index (χ1v) is 13.8. The molecule has 0 radical (unpaired) electrons. The minimum absolute atomic E-state index is 0.173. The molecular formula is C23H39IO3Si. The van der Waals surface area contributed by atoms with E-state index in [1.807, 2.05) is 12.1 Å². The van der Waals surface area contributed by atoms with E-state index < -0.39 is 8.32 Å². The summed E-state index contributed by atoms with van der Waals surface area (Å²) < 4.78 is 20.3. The van der Waals surface area contributed by atoms with Crippen LogP contribution in [0.4, 0.5) is 0 Å². The van der Waals surface area contributed by atoms with Gasteiger partial charge in [0.05, 0.1) is 19.8 Å². The molecular weight excluding hydrogens is 479 g/mol. The van der Waals surface area contributed by atoms with Crippen molar-refractivity contribution < 1.29 is 13.9 Å². The highest BCUT2D eigenvalue weighted by Gasteiger charge is 2.44. The smallest absolute Gasteiger partial charge is 0.200 e. The zero-order valence-corrected chi connectivity index (χ0v) is 21.9. The first-order chi connectivity index (χ1) is 13.3. The lowest BCUT2D eigenvalue weighted by atomic mass is 10.2. The van der Waals surface area contributed by atoms with Gasteiger partial charge in [0, 0.05) is 6.61 Å². The quantitative estimate of drug-likeness (QED) is 0.200. The highest BCUT2D eigenvalue weighted by molar-refractivity contribution is 14.1. The molecule has 0 aromatic heterocycles. The molecule has 3 nitrogen and oxygen atoms in total. The van der Waals surface area contributed by atoms with Gasteiger partial charge in [0.1, 0.15) is 5.75 Å². The lowest BCUT2D eigenvalue weighted by molar-refractivity contribution is 0.0269. The van der Waals surface area contributed by atoms with E-state index in [9.17, 15) is 0 Å². The maximum atomic E-state index is 6.72. The molecule has 0 heterocycles. The zero-order valence-electron chi connectivity index (χ0n) is 18.7. The molecule has 1 aromatic carbocycles. The van der Waals surface area contributed by atoms with E-state index in [-0.39, 0.29) is 6.10 Å². The molecule has 1 atom stereocenters. The van der Waals surface area contributed by atoms with E-state index in [0.29, 0.717) is 23.2 Å². The second kappa shape index (κ2) is 13.0. The largest absolute Gasteiger partial charge is 0.497 e. The van der Waals surface area contributed by atoms with Crippen LogP contribution >= 0.6 is 22.6 Å². The second-order valence-corrected chi connectivity index (χ2v) is 14.5. The highest BCUT2D eigenvalue weighted by atomic mass is 127. The summed E-state index contributed by atoms with van der Waals surface area (Å²) in [6.45, 7) is 15.4. The van der Waals surface area contributed by atoms with E-state index in [1.165, 1.54) is 5.56 Å². The number of hydrogen-bond acceptors (Lipinski definition) is 3. The fraction of sp³-hybridized carbons (Fsp3) is 0.652. The Morgan fingerprint density at radius 3 is 2.00 bits per heavy atom. The molecule has 0 aliphatic rings. The topological polar surface area (TPSA) is 27.7 Å². The number of benzene rings is 1. The van der Waals surface area contributed by atoms with Crippen LogP contribution in [0.25, 0.3) is 0 Å². The van der Waals surface area contributed by atoms with Gasteiger partial charge in [-0.1, -0.05) is 82.3 Å². The standard InChI is InChI=1S/C23H39IO3Si/c1-18(2)28(19(3)4,20(5)6)27-16-14-23(9-8-15-24)26-17-21-10-12-22(25-7)13-11-21/h8,10-13,15,18-20,23H,9,14,16-17H2,1-7H3/b15-8+/t23-/m0/s1. The summed E-state index contributed by atoms with van der Waals surface area (Å²) in [5.41, 5.74) is 3.00. The number of halogens is 1. The van der Waals surface area contributed by atoms with Crippen molar-refractivity contribution in [2.24, 2.45) is 0 Å². The average molecular weight is 519 g/mol. The van der Waals surface area contributed by atoms with Gasteiger partial charge in [0.15, 0.2) is 8.32 Å². The molecule has 0 saturated carbocycles. The summed E-state index contributed by atoms with van der Waals surface area (Å²) >= 11 is 2.27. The lowest BCUT2D eigenvalue weighted by Crippen LogP contribution is -2.48. The van der Waals surface area contributed by atoms with Crippen molar-refractivity contribution in [1.29, 1.82) is 0 Å². The predicted molar refractivity (Wildman–Crippen MR) is 131 cm³/mol. The molecule has 0 unspecified atom stereocenters. The van der Waals surface area contributed by atoms with Crippen LogP contribution in [-0.4, -0.2) is 28.1 Å². The molecule has 5 heteroatoms. The van der Waals surface area contributed by atoms with E-state index in [2.05, 4.69) is 86.4 Å². The van der Waals surface area contributed by atoms with Crippen LogP contribution in [-0.2, 0) is 15.8 Å². The Morgan fingerprint density at radius 1 is 0.964 bits per heavy atom. The Balaban J connectivity index is 2.69. The number of hydrogen-bond donors (Lipinski definition) is 0. The molecule has 0 spiro atoms. The van der Waals surface area contributed by atoms with E-state index in [4.69, 9.17) is 13.9 Å². The molecule has 160 valence electrons. The van der Waals surface area contributed by atoms with Crippen LogP contribution < -0.4 is 4.74 Å². The van der Waals surface area contributed by atoms with Crippen molar-refractivity contribution in [3.05, 3.63) is 40.0 Å². The third kappa shape index (κ3) is 7.47. The van der Waals surface area contributed by atoms with E-state index in [0.717, 1.165) is 25.2 Å². The number of methoxy groups -OCH3 is 1. The minimum Gasteiger partial charge on any atom is -0.497 e. The van der Waals surface area contributed by atoms with Gasteiger partial charge < -0.3 is 13.9 Å². The fourth-order valence-electron chi connectivity index (χ4n) is 4.28. The highest BCUT2D eigenvalue weighted by Crippen LogP contribution is 2.42. The van der Waals surface area contributed by atoms with Crippen LogP contribution in [0.2, 0.25) is 16.6 Å². The van der Waals surface area contributed by atoms with Gasteiger partial charge in [-0.3, -0.25) is 0 Å². The molecule has 0 N–H and O–H groups in total. The van der Waals surface area contributed by atoms with Crippen molar-refractivity contribution in [2.45, 2.75) is 83.7 Å². The first kappa shape index (κ1) is 25.7. The van der Waals surface area contributed by atoms with Crippen molar-refractivity contribution in [1.82, 2.24) is 0 Å². The number of ether oxygens (including phenoxy) is 2. The Morgan fingerprint density at radius 2 is 1.54 bits per heavy atom. The van der Waals surface area contributed by atoms with Gasteiger partial charge in [-0.15, -0.1) is 0 Å². The number of rotatable bonds is 13. The van der Waals surface area contributed by atoms with Crippen molar-refractivity contribution in [3.8, 4) is 5.75 Å². The van der Waals surface area contributed by atoms with Crippen LogP contribution in [0.15, 0.2) is 34.4 Å². The van der Waals surface area contributed by atoms with Gasteiger partial charge >= 0.3 is 0 Å². The van der Waals surface area contributed by atoms with Gasteiger partial charge in [-0.25, -0.2) is 0 Å². The predicted octanol–water partition coefficient (Wildman–Crippen LogP) is 7.50. The van der Waals surface area contributed by atoms with E-state index in [1.54, 1.807) is 7.11 Å². The average Bonchev–Trinajstić information content (AvgIpc) is 2.66. The third-order valence-corrected chi connectivity index (χ3v) is 12.3. The van der Waals surface area contributed by atoms with E-state index >= 15 is 0 Å². The summed E-state index contributed by atoms with van der Waals surface area (Å²) in [5.74, 6) is 0.874. The Bertz CT molecular complexity index is 548. The summed E-state index contributed by atoms with van der Waals surface area (Å²) in [6.07, 6.45) is 4.20. The van der Waals surface area contributed by atoms with Gasteiger partial charge in [0.25, 0.3) is 0 Å². The van der Waals surface area contributed by atoms with Crippen molar-refractivity contribution in [2.75, 3.05) is 13.7 Å². The van der Waals surface area contributed by atoms with Crippen molar-refractivity contribution in [3.63, 3.8) is 0 Å². The first-order valence-electron chi connectivity index (χ1n) is 10.4. The van der Waals surface area contributed by atoms with Crippen LogP contribution in [0.5, 0.6) is 5.75 Å². The molecule has 0 saturated heterocycles. The molecule has 0 fully saturated rings. The van der Waals surface area contributed by atoms with Gasteiger partial charge in [-0.05, 0) is 51.2 Å². The second-order valence-electron chi connectivity index (χ2n) is 8.33. The molecule has 28 heavy (non-hydrogen) atoms. The van der Waals surface area contributed by atoms with Crippen LogP contribution in [0.1, 0.15) is 59.9 Å². The zero-order chi connectivity index (χ0) is 21.2. The summed E-state index contributed by atoms with van der Waals surface area (Å²) in [5, 5.41) is 0. The van der Waals surface area contributed by atoms with Crippen molar-refractivity contribution >= 4 is 30.9 Å². The summed E-state index contributed by atoms with van der Waals surface area (Å²) in [6, 6.07) is 8.09. The molecule has 0 aliphatic heterocycles. The van der Waals surface area contributed by atoms with Crippen LogP contribution in [0.3, 0.4) is 0 Å². The minimum atomic E-state index is -1.81. The Labute approximate surface area is 187 Å². The molecule has 0 amide bonds. The third-order valence-electron chi connectivity index (χ3n) is 5.63. The SMILES string of the molecule is COc1ccc(CO[C@@H](C/C=C/I)CCO[Si](C(C)C)(C(C)C)C(C)C)cc1. The fourth-order valence-corrected chi connectivity index (χ4v) is 10.0. The summed E-state index contributed by atoms with van der Waals surface area (Å²) in [7, 11) is -0.125. The Hall–Kier alpha value is -0.373. The maximum absolute atomic E-state index is 6.72. The lowest BCUT2D eigenvalue weighted by Gasteiger charge is -2.42. The normalized spacial score (nSPS) is 13.8. The Kier molecular flexibility index (Phi) is 11.9. The molecule has 1 aromatic rings. The molecule has 0 bridgehead atoms. The van der Waals surface area contributed by atoms with Gasteiger partial charge in [-0.2, -0.15) is 0 Å². The maximum Gasteiger partial charge on any atom is 0.200 e. The monoisotopic (exact) mass is 518 g/mol. The summed E-state index contributed by atoms with van der Waals surface area (Å²) in [4.78, 5) is 0.